The molecule has 1 heterocycles. The number of nitrogens with zero attached hydrogens (tertiary/aromatic N) is 1. The van der Waals surface area contributed by atoms with Crippen molar-refractivity contribution in [3.05, 3.63) is 35.6 Å². The molecule has 2 rings (SSSR count). The van der Waals surface area contributed by atoms with Crippen LogP contribution in [0.5, 0.6) is 0 Å². The van der Waals surface area contributed by atoms with E-state index in [1.807, 2.05) is 43.3 Å². The molecular formula is C16H25Cl2N3O2. The van der Waals surface area contributed by atoms with E-state index in [1.54, 1.807) is 0 Å². The Bertz CT molecular complexity index is 614. The summed E-state index contributed by atoms with van der Waals surface area (Å²) in [6, 6.07) is 7.75. The molecule has 0 spiro atoms. The van der Waals surface area contributed by atoms with Gasteiger partial charge in [0.05, 0.1) is 0 Å². The molecular weight excluding hydrogens is 337 g/mol. The smallest absolute Gasteiger partial charge is 0.287 e. The topological polar surface area (TPSA) is 71.5 Å². The van der Waals surface area contributed by atoms with Gasteiger partial charge in [-0.3, -0.25) is 4.79 Å². The summed E-state index contributed by atoms with van der Waals surface area (Å²) in [6.07, 6.45) is 1.79. The second-order valence-corrected chi connectivity index (χ2v) is 5.40. The van der Waals surface area contributed by atoms with Gasteiger partial charge in [-0.15, -0.1) is 24.8 Å². The minimum atomic E-state index is -0.153. The number of benzene rings is 1. The summed E-state index contributed by atoms with van der Waals surface area (Å²) in [5, 5.41) is 3.90. The van der Waals surface area contributed by atoms with Crippen molar-refractivity contribution >= 4 is 41.7 Å². The molecule has 5 nitrogen and oxygen atoms in total. The van der Waals surface area contributed by atoms with E-state index in [0.717, 1.165) is 29.4 Å². The number of carbonyl (C=O) groups is 1. The highest BCUT2D eigenvalue weighted by Crippen LogP contribution is 2.26. The van der Waals surface area contributed by atoms with Crippen LogP contribution in [0.2, 0.25) is 0 Å². The van der Waals surface area contributed by atoms with Crippen LogP contribution in [0.25, 0.3) is 11.0 Å². The summed E-state index contributed by atoms with van der Waals surface area (Å²) >= 11 is 0. The third kappa shape index (κ3) is 5.70. The molecule has 0 aliphatic carbocycles. The van der Waals surface area contributed by atoms with E-state index in [9.17, 15) is 4.79 Å². The molecule has 0 atom stereocenters. The second kappa shape index (κ2) is 10.5. The summed E-state index contributed by atoms with van der Waals surface area (Å²) in [5.74, 6) is 0.262. The van der Waals surface area contributed by atoms with Gasteiger partial charge in [-0.1, -0.05) is 18.2 Å². The molecule has 23 heavy (non-hydrogen) atoms. The number of amides is 1. The highest BCUT2D eigenvalue weighted by atomic mass is 35.5. The minimum absolute atomic E-state index is 0. The van der Waals surface area contributed by atoms with Gasteiger partial charge in [0.2, 0.25) is 0 Å². The van der Waals surface area contributed by atoms with Gasteiger partial charge in [-0.05, 0) is 39.5 Å². The summed E-state index contributed by atoms with van der Waals surface area (Å²) < 4.78 is 5.76. The standard InChI is InChI=1S/C16H23N3O2.2ClH/c1-19(2)11-13-12-7-3-4-8-14(12)21-15(13)16(20)18-10-6-5-9-17;;/h3-4,7-8H,5-6,9-11,17H2,1-2H3,(H,18,20);2*1H. The molecule has 0 fully saturated rings. The van der Waals surface area contributed by atoms with Gasteiger partial charge >= 0.3 is 0 Å². The number of nitrogens with two attached hydrogens (primary N) is 1. The Morgan fingerprint density at radius 2 is 1.91 bits per heavy atom. The van der Waals surface area contributed by atoms with Gasteiger partial charge in [-0.25, -0.2) is 0 Å². The number of furan rings is 1. The largest absolute Gasteiger partial charge is 0.451 e. The van der Waals surface area contributed by atoms with Crippen molar-refractivity contribution < 1.29 is 9.21 Å². The SMILES string of the molecule is CN(C)Cc1c(C(=O)NCCCCN)oc2ccccc12.Cl.Cl. The van der Waals surface area contributed by atoms with Crippen molar-refractivity contribution in [2.75, 3.05) is 27.2 Å². The second-order valence-electron chi connectivity index (χ2n) is 5.40. The van der Waals surface area contributed by atoms with Crippen LogP contribution in [0.4, 0.5) is 0 Å². The first-order chi connectivity index (χ1) is 10.1. The van der Waals surface area contributed by atoms with Gasteiger partial charge in [0.1, 0.15) is 5.58 Å². The number of halogens is 2. The zero-order valence-electron chi connectivity index (χ0n) is 13.5. The molecule has 7 heteroatoms. The van der Waals surface area contributed by atoms with Crippen molar-refractivity contribution in [3.63, 3.8) is 0 Å². The number of rotatable bonds is 7. The zero-order chi connectivity index (χ0) is 15.2. The molecule has 0 saturated heterocycles. The number of carbonyl (C=O) groups excluding carboxylic acids is 1. The molecule has 130 valence electrons. The third-order valence-electron chi connectivity index (χ3n) is 3.30. The first-order valence-electron chi connectivity index (χ1n) is 7.27. The summed E-state index contributed by atoms with van der Waals surface area (Å²) in [5.41, 5.74) is 7.14. The van der Waals surface area contributed by atoms with Crippen molar-refractivity contribution in [1.29, 1.82) is 0 Å². The van der Waals surface area contributed by atoms with Crippen molar-refractivity contribution in [3.8, 4) is 0 Å². The van der Waals surface area contributed by atoms with Gasteiger partial charge < -0.3 is 20.4 Å². The number of hydrogen-bond acceptors (Lipinski definition) is 4. The molecule has 1 amide bonds. The fourth-order valence-corrected chi connectivity index (χ4v) is 2.31. The van der Waals surface area contributed by atoms with E-state index >= 15 is 0 Å². The lowest BCUT2D eigenvalue weighted by atomic mass is 10.1. The van der Waals surface area contributed by atoms with Crippen LogP contribution in [-0.4, -0.2) is 38.0 Å². The Kier molecular flexibility index (Phi) is 9.91. The summed E-state index contributed by atoms with van der Waals surface area (Å²) in [4.78, 5) is 14.4. The van der Waals surface area contributed by atoms with E-state index in [2.05, 4.69) is 5.32 Å². The molecule has 0 aliphatic heterocycles. The summed E-state index contributed by atoms with van der Waals surface area (Å²) in [6.45, 7) is 1.93. The lowest BCUT2D eigenvalue weighted by molar-refractivity contribution is 0.0925. The summed E-state index contributed by atoms with van der Waals surface area (Å²) in [7, 11) is 3.95. The average Bonchev–Trinajstić information content (AvgIpc) is 2.82. The number of nitrogens with one attached hydrogen (secondary N) is 1. The number of unbranched alkanes of at least 4 members (excludes halogenated alkanes) is 1. The maximum absolute atomic E-state index is 12.3. The minimum Gasteiger partial charge on any atom is -0.451 e. The predicted molar refractivity (Wildman–Crippen MR) is 98.7 cm³/mol. The number of hydrogen-bond donors (Lipinski definition) is 2. The highest BCUT2D eigenvalue weighted by molar-refractivity contribution is 5.99. The van der Waals surface area contributed by atoms with Crippen molar-refractivity contribution in [2.24, 2.45) is 5.73 Å². The van der Waals surface area contributed by atoms with Gasteiger partial charge in [-0.2, -0.15) is 0 Å². The monoisotopic (exact) mass is 361 g/mol. The highest BCUT2D eigenvalue weighted by Gasteiger charge is 2.20. The molecule has 3 N–H and O–H groups in total. The van der Waals surface area contributed by atoms with E-state index in [4.69, 9.17) is 10.2 Å². The molecule has 1 aromatic heterocycles. The molecule has 0 bridgehead atoms. The van der Waals surface area contributed by atoms with Crippen LogP contribution in [0.3, 0.4) is 0 Å². The molecule has 1 aromatic carbocycles. The van der Waals surface area contributed by atoms with E-state index in [-0.39, 0.29) is 30.7 Å². The van der Waals surface area contributed by atoms with Crippen molar-refractivity contribution in [2.45, 2.75) is 19.4 Å². The quantitative estimate of drug-likeness (QED) is 0.743. The van der Waals surface area contributed by atoms with Gasteiger partial charge in [0, 0.05) is 24.0 Å². The first kappa shape index (κ1) is 21.7. The number of para-hydroxylation sites is 1. The van der Waals surface area contributed by atoms with Crippen LogP contribution < -0.4 is 11.1 Å². The fourth-order valence-electron chi connectivity index (χ4n) is 2.31. The predicted octanol–water partition coefficient (Wildman–Crippen LogP) is 2.81. The van der Waals surface area contributed by atoms with Gasteiger partial charge in [0.15, 0.2) is 5.76 Å². The molecule has 0 saturated carbocycles. The Morgan fingerprint density at radius 3 is 2.57 bits per heavy atom. The molecule has 0 unspecified atom stereocenters. The normalized spacial score (nSPS) is 10.3. The van der Waals surface area contributed by atoms with Crippen molar-refractivity contribution in [1.82, 2.24) is 10.2 Å². The lowest BCUT2D eigenvalue weighted by Crippen LogP contribution is -2.26. The Morgan fingerprint density at radius 1 is 1.22 bits per heavy atom. The van der Waals surface area contributed by atoms with Crippen LogP contribution in [0, 0.1) is 0 Å². The van der Waals surface area contributed by atoms with Crippen LogP contribution in [0.15, 0.2) is 28.7 Å². The van der Waals surface area contributed by atoms with Crippen LogP contribution in [-0.2, 0) is 6.54 Å². The van der Waals surface area contributed by atoms with E-state index < -0.39 is 0 Å². The Hall–Kier alpha value is -1.27. The van der Waals surface area contributed by atoms with Gasteiger partial charge in [0.25, 0.3) is 5.91 Å². The number of fused-ring (bicyclic) bond motifs is 1. The molecule has 0 radical (unpaired) electrons. The maximum atomic E-state index is 12.3. The third-order valence-corrected chi connectivity index (χ3v) is 3.30. The average molecular weight is 362 g/mol. The zero-order valence-corrected chi connectivity index (χ0v) is 15.1. The Labute approximate surface area is 149 Å². The van der Waals surface area contributed by atoms with Crippen LogP contribution >= 0.6 is 24.8 Å². The lowest BCUT2D eigenvalue weighted by Gasteiger charge is -2.10. The van der Waals surface area contributed by atoms with E-state index in [0.29, 0.717) is 25.4 Å². The molecule has 0 aliphatic rings. The van der Waals surface area contributed by atoms with E-state index in [1.165, 1.54) is 0 Å². The Balaban J connectivity index is 0.00000242. The first-order valence-corrected chi connectivity index (χ1v) is 7.27. The fraction of sp³-hybridized carbons (Fsp3) is 0.438. The molecule has 2 aromatic rings. The maximum Gasteiger partial charge on any atom is 0.287 e. The van der Waals surface area contributed by atoms with Crippen LogP contribution in [0.1, 0.15) is 29.0 Å².